The number of hydrogen-bond donors (Lipinski definition) is 1. The van der Waals surface area contributed by atoms with Crippen LogP contribution in [0.2, 0.25) is 0 Å². The monoisotopic (exact) mass is 417 g/mol. The third-order valence-corrected chi connectivity index (χ3v) is 3.99. The first-order valence-electron chi connectivity index (χ1n) is 9.67. The molecule has 1 atom stereocenters. The lowest BCUT2D eigenvalue weighted by Crippen LogP contribution is -2.35. The molecule has 0 aliphatic rings. The summed E-state index contributed by atoms with van der Waals surface area (Å²) in [6.07, 6.45) is -0.0582. The molecule has 1 amide bonds. The first-order chi connectivity index (χ1) is 14.2. The topological polar surface area (TPSA) is 73.9 Å². The molecule has 0 aliphatic heterocycles. The average Bonchev–Trinajstić information content (AvgIpc) is 2.65. The van der Waals surface area contributed by atoms with Crippen molar-refractivity contribution in [3.05, 3.63) is 59.9 Å². The Morgan fingerprint density at radius 1 is 1.07 bits per heavy atom. The van der Waals surface area contributed by atoms with Crippen molar-refractivity contribution in [3.63, 3.8) is 0 Å². The minimum Gasteiger partial charge on any atom is -0.460 e. The maximum atomic E-state index is 13.2. The summed E-state index contributed by atoms with van der Waals surface area (Å²) in [5.41, 5.74) is 0.240. The molecule has 0 spiro atoms. The number of halogens is 1. The van der Waals surface area contributed by atoms with E-state index < -0.39 is 17.5 Å². The number of hydrogen-bond acceptors (Lipinski definition) is 5. The second kappa shape index (κ2) is 10.7. The summed E-state index contributed by atoms with van der Waals surface area (Å²) in [6, 6.07) is 13.0. The fourth-order valence-corrected chi connectivity index (χ4v) is 2.69. The number of esters is 1. The van der Waals surface area contributed by atoms with Gasteiger partial charge in [0.15, 0.2) is 0 Å². The van der Waals surface area contributed by atoms with Crippen LogP contribution in [0.25, 0.3) is 0 Å². The van der Waals surface area contributed by atoms with Gasteiger partial charge in [0.05, 0.1) is 18.9 Å². The lowest BCUT2D eigenvalue weighted by molar-refractivity contribution is -0.158. The molecule has 0 fully saturated rings. The highest BCUT2D eigenvalue weighted by Gasteiger charge is 2.25. The van der Waals surface area contributed by atoms with Crippen LogP contribution in [0.3, 0.4) is 0 Å². The molecule has 6 nitrogen and oxygen atoms in total. The van der Waals surface area contributed by atoms with Crippen molar-refractivity contribution in [1.82, 2.24) is 5.32 Å². The molecule has 0 aromatic heterocycles. The van der Waals surface area contributed by atoms with Gasteiger partial charge in [-0.25, -0.2) is 4.39 Å². The number of methoxy groups -OCH3 is 1. The number of rotatable bonds is 9. The fraction of sp³-hybridized carbons (Fsp3) is 0.391. The SMILES string of the molecule is COC[C@@H](CC(=O)OC(C)(C)C)C(=O)NCc1ccc(Oc2cccc(F)c2)cc1. The van der Waals surface area contributed by atoms with E-state index in [9.17, 15) is 14.0 Å². The molecular formula is C23H28FNO5. The molecule has 0 unspecified atom stereocenters. The Balaban J connectivity index is 1.89. The van der Waals surface area contributed by atoms with E-state index in [1.54, 1.807) is 57.2 Å². The molecule has 30 heavy (non-hydrogen) atoms. The van der Waals surface area contributed by atoms with Gasteiger partial charge in [-0.05, 0) is 50.6 Å². The molecule has 1 N–H and O–H groups in total. The van der Waals surface area contributed by atoms with Crippen molar-refractivity contribution in [2.45, 2.75) is 39.3 Å². The van der Waals surface area contributed by atoms with Crippen LogP contribution in [0, 0.1) is 11.7 Å². The second-order valence-electron chi connectivity index (χ2n) is 7.86. The molecule has 0 heterocycles. The zero-order chi connectivity index (χ0) is 22.1. The van der Waals surface area contributed by atoms with Crippen LogP contribution < -0.4 is 10.1 Å². The summed E-state index contributed by atoms with van der Waals surface area (Å²) in [5.74, 6) is -0.788. The van der Waals surface area contributed by atoms with Crippen molar-refractivity contribution >= 4 is 11.9 Å². The van der Waals surface area contributed by atoms with E-state index in [2.05, 4.69) is 5.32 Å². The van der Waals surface area contributed by atoms with E-state index >= 15 is 0 Å². The molecule has 0 aliphatic carbocycles. The van der Waals surface area contributed by atoms with Crippen LogP contribution in [0.15, 0.2) is 48.5 Å². The number of benzene rings is 2. The molecule has 0 radical (unpaired) electrons. The predicted molar refractivity (Wildman–Crippen MR) is 111 cm³/mol. The first-order valence-corrected chi connectivity index (χ1v) is 9.67. The van der Waals surface area contributed by atoms with E-state index in [4.69, 9.17) is 14.2 Å². The average molecular weight is 417 g/mol. The molecule has 2 rings (SSSR count). The molecule has 2 aromatic rings. The standard InChI is InChI=1S/C23H28FNO5/c1-23(2,3)30-21(26)12-17(15-28-4)22(27)25-14-16-8-10-19(11-9-16)29-20-7-5-6-18(24)13-20/h5-11,13,17H,12,14-15H2,1-4H3,(H,25,27)/t17-/m1/s1. The lowest BCUT2D eigenvalue weighted by Gasteiger charge is -2.21. The molecule has 0 bridgehead atoms. The van der Waals surface area contributed by atoms with E-state index in [0.717, 1.165) is 5.56 Å². The van der Waals surface area contributed by atoms with Crippen LogP contribution in [0.5, 0.6) is 11.5 Å². The molecule has 0 saturated heterocycles. The van der Waals surface area contributed by atoms with Crippen molar-refractivity contribution in [3.8, 4) is 11.5 Å². The van der Waals surface area contributed by atoms with Crippen LogP contribution >= 0.6 is 0 Å². The van der Waals surface area contributed by atoms with Crippen molar-refractivity contribution in [2.75, 3.05) is 13.7 Å². The van der Waals surface area contributed by atoms with Gasteiger partial charge in [-0.3, -0.25) is 9.59 Å². The highest BCUT2D eigenvalue weighted by Crippen LogP contribution is 2.22. The summed E-state index contributed by atoms with van der Waals surface area (Å²) in [7, 11) is 1.48. The Morgan fingerprint density at radius 2 is 1.77 bits per heavy atom. The summed E-state index contributed by atoms with van der Waals surface area (Å²) in [5, 5.41) is 2.81. The summed E-state index contributed by atoms with van der Waals surface area (Å²) in [4.78, 5) is 24.5. The van der Waals surface area contributed by atoms with Gasteiger partial charge in [-0.15, -0.1) is 0 Å². The minimum absolute atomic E-state index is 0.0582. The molecule has 7 heteroatoms. The molecular weight excluding hydrogens is 389 g/mol. The highest BCUT2D eigenvalue weighted by molar-refractivity contribution is 5.84. The van der Waals surface area contributed by atoms with Gasteiger partial charge in [0, 0.05) is 19.7 Å². The van der Waals surface area contributed by atoms with E-state index in [-0.39, 0.29) is 31.3 Å². The third-order valence-electron chi connectivity index (χ3n) is 3.99. The van der Waals surface area contributed by atoms with Crippen molar-refractivity contribution in [2.24, 2.45) is 5.92 Å². The van der Waals surface area contributed by atoms with Gasteiger partial charge >= 0.3 is 5.97 Å². The Kier molecular flexibility index (Phi) is 8.35. The lowest BCUT2D eigenvalue weighted by atomic mass is 10.1. The third kappa shape index (κ3) is 8.21. The summed E-state index contributed by atoms with van der Waals surface area (Å²) < 4.78 is 29.2. The highest BCUT2D eigenvalue weighted by atomic mass is 19.1. The van der Waals surface area contributed by atoms with Gasteiger partial charge in [0.2, 0.25) is 5.91 Å². The van der Waals surface area contributed by atoms with Crippen molar-refractivity contribution < 1.29 is 28.2 Å². The smallest absolute Gasteiger partial charge is 0.307 e. The molecule has 0 saturated carbocycles. The maximum Gasteiger partial charge on any atom is 0.307 e. The van der Waals surface area contributed by atoms with Gasteiger partial charge < -0.3 is 19.5 Å². The Hall–Kier alpha value is -2.93. The van der Waals surface area contributed by atoms with E-state index in [1.807, 2.05) is 0 Å². The van der Waals surface area contributed by atoms with Gasteiger partial charge in [0.1, 0.15) is 22.9 Å². The Morgan fingerprint density at radius 3 is 2.37 bits per heavy atom. The number of amides is 1. The van der Waals surface area contributed by atoms with Gasteiger partial charge in [-0.2, -0.15) is 0 Å². The number of carbonyl (C=O) groups excluding carboxylic acids is 2. The maximum absolute atomic E-state index is 13.2. The number of ether oxygens (including phenoxy) is 3. The second-order valence-corrected chi connectivity index (χ2v) is 7.86. The largest absolute Gasteiger partial charge is 0.460 e. The van der Waals surface area contributed by atoms with Gasteiger partial charge in [-0.1, -0.05) is 18.2 Å². The first kappa shape index (κ1) is 23.3. The van der Waals surface area contributed by atoms with Crippen molar-refractivity contribution in [1.29, 1.82) is 0 Å². The Labute approximate surface area is 176 Å². The molecule has 2 aromatic carbocycles. The number of nitrogens with one attached hydrogen (secondary N) is 1. The van der Waals surface area contributed by atoms with E-state index in [0.29, 0.717) is 11.5 Å². The quantitative estimate of drug-likeness (QED) is 0.618. The van der Waals surface area contributed by atoms with Crippen LogP contribution in [0.1, 0.15) is 32.8 Å². The van der Waals surface area contributed by atoms with Crippen LogP contribution in [-0.4, -0.2) is 31.2 Å². The van der Waals surface area contributed by atoms with Gasteiger partial charge in [0.25, 0.3) is 0 Å². The Bertz CT molecular complexity index is 845. The fourth-order valence-electron chi connectivity index (χ4n) is 2.69. The summed E-state index contributed by atoms with van der Waals surface area (Å²) >= 11 is 0. The van der Waals surface area contributed by atoms with E-state index in [1.165, 1.54) is 19.2 Å². The molecule has 162 valence electrons. The van der Waals surface area contributed by atoms with Crippen LogP contribution in [0.4, 0.5) is 4.39 Å². The zero-order valence-electron chi connectivity index (χ0n) is 17.7. The normalized spacial score (nSPS) is 12.2. The predicted octanol–water partition coefficient (Wildman–Crippen LogP) is 4.23. The number of carbonyl (C=O) groups is 2. The zero-order valence-corrected chi connectivity index (χ0v) is 17.7. The summed E-state index contributed by atoms with van der Waals surface area (Å²) in [6.45, 7) is 5.73. The van der Waals surface area contributed by atoms with Crippen LogP contribution in [-0.2, 0) is 25.6 Å². The minimum atomic E-state index is -0.638.